The van der Waals surface area contributed by atoms with Crippen LogP contribution in [0.4, 0.5) is 5.69 Å². The molecule has 0 aliphatic carbocycles. The molecule has 0 unspecified atom stereocenters. The van der Waals surface area contributed by atoms with E-state index >= 15 is 0 Å². The van der Waals surface area contributed by atoms with Gasteiger partial charge in [-0.05, 0) is 31.5 Å². The molecule has 0 radical (unpaired) electrons. The van der Waals surface area contributed by atoms with Gasteiger partial charge < -0.3 is 10.6 Å². The number of benzene rings is 1. The smallest absolute Gasteiger partial charge is 0.246 e. The number of hydrogen-bond donors (Lipinski definition) is 3. The molecular formula is C16H18N4O. The third-order valence-electron chi connectivity index (χ3n) is 3.68. The van der Waals surface area contributed by atoms with E-state index in [1.165, 1.54) is 11.1 Å². The molecule has 0 saturated carbocycles. The SMILES string of the molecule is Cc1n[nH]c(C)c1Cc1ccc(NC2=CC(=O)NC2)cc1. The third kappa shape index (κ3) is 2.97. The van der Waals surface area contributed by atoms with Gasteiger partial charge in [-0.2, -0.15) is 5.10 Å². The van der Waals surface area contributed by atoms with Crippen LogP contribution in [0, 0.1) is 13.8 Å². The first-order valence-corrected chi connectivity index (χ1v) is 6.96. The minimum Gasteiger partial charge on any atom is -0.357 e. The number of carbonyl (C=O) groups excluding carboxylic acids is 1. The van der Waals surface area contributed by atoms with Crippen molar-refractivity contribution in [2.24, 2.45) is 0 Å². The lowest BCUT2D eigenvalue weighted by molar-refractivity contribution is -0.115. The summed E-state index contributed by atoms with van der Waals surface area (Å²) in [4.78, 5) is 11.1. The minimum atomic E-state index is -0.0416. The maximum atomic E-state index is 11.1. The number of H-pyrrole nitrogens is 1. The Balaban J connectivity index is 1.70. The van der Waals surface area contributed by atoms with Gasteiger partial charge in [-0.3, -0.25) is 9.89 Å². The minimum absolute atomic E-state index is 0.0416. The second-order valence-electron chi connectivity index (χ2n) is 5.30. The lowest BCUT2D eigenvalue weighted by Gasteiger charge is -2.08. The Labute approximate surface area is 123 Å². The fourth-order valence-electron chi connectivity index (χ4n) is 2.45. The zero-order valence-electron chi connectivity index (χ0n) is 12.2. The first-order chi connectivity index (χ1) is 10.1. The van der Waals surface area contributed by atoms with Gasteiger partial charge in [0.15, 0.2) is 0 Å². The van der Waals surface area contributed by atoms with Gasteiger partial charge in [0, 0.05) is 35.1 Å². The highest BCUT2D eigenvalue weighted by molar-refractivity contribution is 5.91. The monoisotopic (exact) mass is 282 g/mol. The molecule has 3 N–H and O–H groups in total. The summed E-state index contributed by atoms with van der Waals surface area (Å²) in [6.07, 6.45) is 2.46. The fraction of sp³-hybridized carbons (Fsp3) is 0.250. The molecule has 108 valence electrons. The topological polar surface area (TPSA) is 69.8 Å². The number of carbonyl (C=O) groups is 1. The van der Waals surface area contributed by atoms with E-state index < -0.39 is 0 Å². The van der Waals surface area contributed by atoms with Crippen LogP contribution in [0.25, 0.3) is 0 Å². The molecule has 0 saturated heterocycles. The van der Waals surface area contributed by atoms with Crippen molar-refractivity contribution in [3.05, 3.63) is 58.6 Å². The van der Waals surface area contributed by atoms with E-state index in [9.17, 15) is 4.79 Å². The van der Waals surface area contributed by atoms with Crippen LogP contribution in [-0.4, -0.2) is 22.6 Å². The first-order valence-electron chi connectivity index (χ1n) is 6.96. The van der Waals surface area contributed by atoms with Crippen LogP contribution in [0.1, 0.15) is 22.5 Å². The molecule has 0 spiro atoms. The summed E-state index contributed by atoms with van der Waals surface area (Å²) in [6, 6.07) is 8.26. The summed E-state index contributed by atoms with van der Waals surface area (Å²) < 4.78 is 0. The molecule has 1 aliphatic heterocycles. The number of aromatic nitrogens is 2. The Kier molecular flexibility index (Phi) is 3.48. The molecule has 5 heteroatoms. The Hall–Kier alpha value is -2.56. The number of amides is 1. The molecule has 1 aromatic carbocycles. The van der Waals surface area contributed by atoms with E-state index in [-0.39, 0.29) is 5.91 Å². The maximum absolute atomic E-state index is 11.1. The normalized spacial score (nSPS) is 14.0. The average molecular weight is 282 g/mol. The molecule has 1 amide bonds. The molecule has 0 atom stereocenters. The highest BCUT2D eigenvalue weighted by Gasteiger charge is 2.11. The second-order valence-corrected chi connectivity index (χ2v) is 5.30. The van der Waals surface area contributed by atoms with Crippen molar-refractivity contribution in [2.75, 3.05) is 11.9 Å². The van der Waals surface area contributed by atoms with Crippen molar-refractivity contribution in [3.8, 4) is 0 Å². The summed E-state index contributed by atoms with van der Waals surface area (Å²) in [7, 11) is 0. The number of aromatic amines is 1. The Morgan fingerprint density at radius 2 is 2.00 bits per heavy atom. The van der Waals surface area contributed by atoms with E-state index in [4.69, 9.17) is 0 Å². The Morgan fingerprint density at radius 1 is 1.24 bits per heavy atom. The standard InChI is InChI=1S/C16H18N4O/c1-10-15(11(2)20-19-10)7-12-3-5-13(6-4-12)18-14-8-16(21)17-9-14/h3-6,8,18H,7,9H2,1-2H3,(H,17,21)(H,19,20). The summed E-state index contributed by atoms with van der Waals surface area (Å²) >= 11 is 0. The van der Waals surface area contributed by atoms with Gasteiger partial charge in [-0.1, -0.05) is 12.1 Å². The fourth-order valence-corrected chi connectivity index (χ4v) is 2.45. The molecule has 0 fully saturated rings. The molecule has 0 bridgehead atoms. The van der Waals surface area contributed by atoms with Crippen molar-refractivity contribution in [1.82, 2.24) is 15.5 Å². The van der Waals surface area contributed by atoms with Crippen LogP contribution in [-0.2, 0) is 11.2 Å². The average Bonchev–Trinajstić information content (AvgIpc) is 3.01. The van der Waals surface area contributed by atoms with Crippen molar-refractivity contribution in [3.63, 3.8) is 0 Å². The molecule has 21 heavy (non-hydrogen) atoms. The molecule has 1 aromatic heterocycles. The van der Waals surface area contributed by atoms with E-state index in [2.05, 4.69) is 33.0 Å². The van der Waals surface area contributed by atoms with Gasteiger partial charge in [0.05, 0.1) is 12.2 Å². The summed E-state index contributed by atoms with van der Waals surface area (Å²) in [5.41, 5.74) is 6.55. The van der Waals surface area contributed by atoms with Gasteiger partial charge in [0.1, 0.15) is 0 Å². The van der Waals surface area contributed by atoms with Gasteiger partial charge in [0.25, 0.3) is 0 Å². The highest BCUT2D eigenvalue weighted by Crippen LogP contribution is 2.18. The first kappa shape index (κ1) is 13.4. The molecule has 2 heterocycles. The van der Waals surface area contributed by atoms with Crippen LogP contribution in [0.5, 0.6) is 0 Å². The van der Waals surface area contributed by atoms with Crippen LogP contribution < -0.4 is 10.6 Å². The molecular weight excluding hydrogens is 264 g/mol. The second kappa shape index (κ2) is 5.44. The molecule has 1 aliphatic rings. The Morgan fingerprint density at radius 3 is 2.57 bits per heavy atom. The molecule has 5 nitrogen and oxygen atoms in total. The number of anilines is 1. The van der Waals surface area contributed by atoms with Crippen LogP contribution >= 0.6 is 0 Å². The largest absolute Gasteiger partial charge is 0.357 e. The van der Waals surface area contributed by atoms with Crippen LogP contribution in [0.2, 0.25) is 0 Å². The Bertz CT molecular complexity index is 678. The van der Waals surface area contributed by atoms with Gasteiger partial charge in [-0.15, -0.1) is 0 Å². The van der Waals surface area contributed by atoms with Crippen molar-refractivity contribution in [2.45, 2.75) is 20.3 Å². The summed E-state index contributed by atoms with van der Waals surface area (Å²) in [5, 5.41) is 13.2. The quantitative estimate of drug-likeness (QED) is 0.803. The molecule has 3 rings (SSSR count). The predicted octanol–water partition coefficient (Wildman–Crippen LogP) is 2.04. The highest BCUT2D eigenvalue weighted by atomic mass is 16.1. The van der Waals surface area contributed by atoms with Gasteiger partial charge >= 0.3 is 0 Å². The van der Waals surface area contributed by atoms with Crippen LogP contribution in [0.3, 0.4) is 0 Å². The van der Waals surface area contributed by atoms with E-state index in [1.807, 2.05) is 26.0 Å². The lowest BCUT2D eigenvalue weighted by Crippen LogP contribution is -2.16. The van der Waals surface area contributed by atoms with Gasteiger partial charge in [0.2, 0.25) is 5.91 Å². The third-order valence-corrected chi connectivity index (χ3v) is 3.68. The van der Waals surface area contributed by atoms with E-state index in [0.29, 0.717) is 6.54 Å². The maximum Gasteiger partial charge on any atom is 0.246 e. The number of nitrogens with one attached hydrogen (secondary N) is 3. The van der Waals surface area contributed by atoms with E-state index in [0.717, 1.165) is 29.2 Å². The summed E-state index contributed by atoms with van der Waals surface area (Å²) in [5.74, 6) is -0.0416. The van der Waals surface area contributed by atoms with Gasteiger partial charge in [-0.25, -0.2) is 0 Å². The van der Waals surface area contributed by atoms with Crippen molar-refractivity contribution in [1.29, 1.82) is 0 Å². The zero-order valence-corrected chi connectivity index (χ0v) is 12.2. The predicted molar refractivity (Wildman–Crippen MR) is 82.0 cm³/mol. The van der Waals surface area contributed by atoms with Crippen molar-refractivity contribution < 1.29 is 4.79 Å². The number of hydrogen-bond acceptors (Lipinski definition) is 3. The van der Waals surface area contributed by atoms with Crippen LogP contribution in [0.15, 0.2) is 36.0 Å². The lowest BCUT2D eigenvalue weighted by atomic mass is 10.0. The zero-order chi connectivity index (χ0) is 14.8. The number of aryl methyl sites for hydroxylation is 2. The van der Waals surface area contributed by atoms with Crippen molar-refractivity contribution >= 4 is 11.6 Å². The number of rotatable bonds is 4. The van der Waals surface area contributed by atoms with E-state index in [1.54, 1.807) is 6.08 Å². The number of nitrogens with zero attached hydrogens (tertiary/aromatic N) is 1. The molecule has 2 aromatic rings. The summed E-state index contributed by atoms with van der Waals surface area (Å²) in [6.45, 7) is 4.63.